The van der Waals surface area contributed by atoms with Crippen LogP contribution in [0.3, 0.4) is 0 Å². The SMILES string of the molecule is COC(=O)c1sccc1Nc1nc(-c2ccc(OC)cc2)no1. The standard InChI is InChI=1S/C15H13N3O4S/c1-20-10-5-3-9(4-6-10)13-17-15(22-18-13)16-11-7-8-23-12(11)14(19)21-2/h3-8H,1-2H3,(H,16,17,18). The number of ether oxygens (including phenoxy) is 2. The summed E-state index contributed by atoms with van der Waals surface area (Å²) in [6.07, 6.45) is 0. The van der Waals surface area contributed by atoms with Gasteiger partial charge in [-0.2, -0.15) is 4.98 Å². The van der Waals surface area contributed by atoms with E-state index in [2.05, 4.69) is 15.5 Å². The van der Waals surface area contributed by atoms with Crippen LogP contribution in [0.1, 0.15) is 9.67 Å². The highest BCUT2D eigenvalue weighted by Crippen LogP contribution is 2.27. The second-order valence-corrected chi connectivity index (χ2v) is 5.35. The molecule has 0 aliphatic heterocycles. The first-order valence-corrected chi connectivity index (χ1v) is 7.50. The Bertz CT molecular complexity index is 810. The molecule has 0 saturated heterocycles. The van der Waals surface area contributed by atoms with E-state index in [4.69, 9.17) is 14.0 Å². The maximum absolute atomic E-state index is 11.6. The molecule has 0 atom stereocenters. The highest BCUT2D eigenvalue weighted by molar-refractivity contribution is 7.12. The summed E-state index contributed by atoms with van der Waals surface area (Å²) in [5, 5.41) is 8.61. The lowest BCUT2D eigenvalue weighted by Crippen LogP contribution is -2.02. The summed E-state index contributed by atoms with van der Waals surface area (Å²) in [5.41, 5.74) is 1.35. The van der Waals surface area contributed by atoms with Crippen molar-refractivity contribution in [3.63, 3.8) is 0 Å². The zero-order chi connectivity index (χ0) is 16.2. The normalized spacial score (nSPS) is 10.3. The summed E-state index contributed by atoms with van der Waals surface area (Å²) in [7, 11) is 2.94. The Balaban J connectivity index is 1.79. The molecule has 2 heterocycles. The highest BCUT2D eigenvalue weighted by atomic mass is 32.1. The number of nitrogens with zero attached hydrogens (tertiary/aromatic N) is 2. The molecule has 7 nitrogen and oxygen atoms in total. The van der Waals surface area contributed by atoms with Gasteiger partial charge in [-0.3, -0.25) is 0 Å². The van der Waals surface area contributed by atoms with Gasteiger partial charge >= 0.3 is 12.0 Å². The molecular formula is C15H13N3O4S. The quantitative estimate of drug-likeness (QED) is 0.717. The van der Waals surface area contributed by atoms with Gasteiger partial charge in [-0.05, 0) is 35.7 Å². The largest absolute Gasteiger partial charge is 0.497 e. The van der Waals surface area contributed by atoms with Crippen molar-refractivity contribution in [1.82, 2.24) is 10.1 Å². The number of aromatic nitrogens is 2. The van der Waals surface area contributed by atoms with Crippen LogP contribution in [-0.4, -0.2) is 30.3 Å². The average molecular weight is 331 g/mol. The smallest absolute Gasteiger partial charge is 0.350 e. The van der Waals surface area contributed by atoms with Gasteiger partial charge < -0.3 is 19.3 Å². The molecule has 1 aromatic carbocycles. The van der Waals surface area contributed by atoms with Crippen molar-refractivity contribution in [1.29, 1.82) is 0 Å². The topological polar surface area (TPSA) is 86.5 Å². The van der Waals surface area contributed by atoms with Crippen LogP contribution in [0.4, 0.5) is 11.7 Å². The van der Waals surface area contributed by atoms with Gasteiger partial charge in [-0.25, -0.2) is 4.79 Å². The third-order valence-electron chi connectivity index (χ3n) is 3.05. The highest BCUT2D eigenvalue weighted by Gasteiger charge is 2.16. The number of anilines is 2. The molecule has 0 radical (unpaired) electrons. The molecule has 3 aromatic rings. The van der Waals surface area contributed by atoms with E-state index in [-0.39, 0.29) is 6.01 Å². The van der Waals surface area contributed by atoms with Crippen LogP contribution in [0.15, 0.2) is 40.2 Å². The van der Waals surface area contributed by atoms with Gasteiger partial charge in [-0.1, -0.05) is 5.16 Å². The molecule has 23 heavy (non-hydrogen) atoms. The molecule has 2 aromatic heterocycles. The van der Waals surface area contributed by atoms with Crippen LogP contribution >= 0.6 is 11.3 Å². The van der Waals surface area contributed by atoms with Gasteiger partial charge in [0.25, 0.3) is 0 Å². The molecule has 0 amide bonds. The van der Waals surface area contributed by atoms with E-state index >= 15 is 0 Å². The Kier molecular flexibility index (Phi) is 4.24. The number of carbonyl (C=O) groups excluding carboxylic acids is 1. The predicted molar refractivity (Wildman–Crippen MR) is 85.2 cm³/mol. The number of hydrogen-bond acceptors (Lipinski definition) is 8. The monoisotopic (exact) mass is 331 g/mol. The number of benzene rings is 1. The summed E-state index contributed by atoms with van der Waals surface area (Å²) in [6.45, 7) is 0. The summed E-state index contributed by atoms with van der Waals surface area (Å²) in [6, 6.07) is 9.23. The Morgan fingerprint density at radius 1 is 1.22 bits per heavy atom. The van der Waals surface area contributed by atoms with E-state index < -0.39 is 5.97 Å². The van der Waals surface area contributed by atoms with Crippen molar-refractivity contribution in [3.8, 4) is 17.1 Å². The van der Waals surface area contributed by atoms with Gasteiger partial charge in [-0.15, -0.1) is 11.3 Å². The summed E-state index contributed by atoms with van der Waals surface area (Å²) in [5.74, 6) is 0.763. The Hall–Kier alpha value is -2.87. The van der Waals surface area contributed by atoms with Gasteiger partial charge in [0, 0.05) is 5.56 Å². The van der Waals surface area contributed by atoms with Crippen molar-refractivity contribution in [2.24, 2.45) is 0 Å². The van der Waals surface area contributed by atoms with Gasteiger partial charge in [0.1, 0.15) is 10.6 Å². The molecule has 0 saturated carbocycles. The van der Waals surface area contributed by atoms with Crippen LogP contribution in [0.5, 0.6) is 5.75 Å². The maximum Gasteiger partial charge on any atom is 0.350 e. The zero-order valence-electron chi connectivity index (χ0n) is 12.4. The molecule has 3 rings (SSSR count). The Morgan fingerprint density at radius 3 is 2.70 bits per heavy atom. The lowest BCUT2D eigenvalue weighted by atomic mass is 10.2. The fourth-order valence-electron chi connectivity index (χ4n) is 1.91. The summed E-state index contributed by atoms with van der Waals surface area (Å²) < 4.78 is 15.0. The second-order valence-electron chi connectivity index (χ2n) is 4.43. The van der Waals surface area contributed by atoms with Crippen LogP contribution in [0.25, 0.3) is 11.4 Å². The van der Waals surface area contributed by atoms with Crippen molar-refractivity contribution < 1.29 is 18.8 Å². The third-order valence-corrected chi connectivity index (χ3v) is 3.95. The molecule has 0 aliphatic carbocycles. The Labute approximate surface area is 135 Å². The zero-order valence-corrected chi connectivity index (χ0v) is 13.2. The molecule has 0 bridgehead atoms. The van der Waals surface area contributed by atoms with Crippen LogP contribution in [0, 0.1) is 0 Å². The first-order valence-electron chi connectivity index (χ1n) is 6.62. The third kappa shape index (κ3) is 3.16. The maximum atomic E-state index is 11.6. The van der Waals surface area contributed by atoms with Gasteiger partial charge in [0.15, 0.2) is 0 Å². The number of methoxy groups -OCH3 is 2. The number of thiophene rings is 1. The van der Waals surface area contributed by atoms with Crippen molar-refractivity contribution in [3.05, 3.63) is 40.6 Å². The molecule has 8 heteroatoms. The molecule has 1 N–H and O–H groups in total. The number of esters is 1. The second kappa shape index (κ2) is 6.49. The van der Waals surface area contributed by atoms with Crippen molar-refractivity contribution >= 4 is 29.0 Å². The average Bonchev–Trinajstić information content (AvgIpc) is 3.24. The predicted octanol–water partition coefficient (Wildman–Crippen LogP) is 3.34. The van der Waals surface area contributed by atoms with E-state index in [0.717, 1.165) is 11.3 Å². The van der Waals surface area contributed by atoms with E-state index in [0.29, 0.717) is 16.4 Å². The number of nitrogens with one attached hydrogen (secondary N) is 1. The Morgan fingerprint density at radius 2 is 2.00 bits per heavy atom. The molecular weight excluding hydrogens is 318 g/mol. The molecule has 0 aliphatic rings. The lowest BCUT2D eigenvalue weighted by molar-refractivity contribution is 0.0607. The molecule has 118 valence electrons. The van der Waals surface area contributed by atoms with Crippen LogP contribution in [-0.2, 0) is 4.74 Å². The van der Waals surface area contributed by atoms with Crippen LogP contribution in [0.2, 0.25) is 0 Å². The fourth-order valence-corrected chi connectivity index (χ4v) is 2.67. The van der Waals surface area contributed by atoms with E-state index in [9.17, 15) is 4.79 Å². The van der Waals surface area contributed by atoms with Crippen molar-refractivity contribution in [2.45, 2.75) is 0 Å². The minimum atomic E-state index is -0.419. The van der Waals surface area contributed by atoms with Crippen LogP contribution < -0.4 is 10.1 Å². The first kappa shape index (κ1) is 15.0. The van der Waals surface area contributed by atoms with Gasteiger partial charge in [0.2, 0.25) is 5.82 Å². The fraction of sp³-hybridized carbons (Fsp3) is 0.133. The summed E-state index contributed by atoms with van der Waals surface area (Å²) in [4.78, 5) is 16.3. The number of hydrogen-bond donors (Lipinski definition) is 1. The number of rotatable bonds is 5. The molecule has 0 fully saturated rings. The van der Waals surface area contributed by atoms with Crippen molar-refractivity contribution in [2.75, 3.05) is 19.5 Å². The minimum Gasteiger partial charge on any atom is -0.497 e. The summed E-state index contributed by atoms with van der Waals surface area (Å²) >= 11 is 1.27. The molecule has 0 spiro atoms. The lowest BCUT2D eigenvalue weighted by Gasteiger charge is -2.01. The van der Waals surface area contributed by atoms with Gasteiger partial charge in [0.05, 0.1) is 19.9 Å². The number of carbonyl (C=O) groups is 1. The van der Waals surface area contributed by atoms with E-state index in [1.165, 1.54) is 18.4 Å². The molecule has 0 unspecified atom stereocenters. The van der Waals surface area contributed by atoms with E-state index in [1.807, 2.05) is 24.3 Å². The van der Waals surface area contributed by atoms with E-state index in [1.54, 1.807) is 18.6 Å². The minimum absolute atomic E-state index is 0.194. The first-order chi connectivity index (χ1) is 11.2.